The highest BCUT2D eigenvalue weighted by Crippen LogP contribution is 2.30. The maximum atomic E-state index is 5.95. The first-order chi connectivity index (χ1) is 9.63. The molecule has 0 unspecified atom stereocenters. The van der Waals surface area contributed by atoms with Crippen molar-refractivity contribution in [2.24, 2.45) is 0 Å². The van der Waals surface area contributed by atoms with Crippen molar-refractivity contribution >= 4 is 22.5 Å². The van der Waals surface area contributed by atoms with Crippen molar-refractivity contribution in [3.63, 3.8) is 0 Å². The summed E-state index contributed by atoms with van der Waals surface area (Å²) >= 11 is 5.95. The Morgan fingerprint density at radius 1 is 1.00 bits per heavy atom. The Hall–Kier alpha value is -2.13. The highest BCUT2D eigenvalue weighted by molar-refractivity contribution is 6.28. The van der Waals surface area contributed by atoms with Crippen LogP contribution in [0.15, 0.2) is 42.5 Å². The van der Waals surface area contributed by atoms with Crippen molar-refractivity contribution < 1.29 is 4.74 Å². The standard InChI is InChI=1S/C16H13ClN2O/c1-10-7-8-14(11(2)9-10)20-15-12-5-3-4-6-13(12)18-16(17)19-15/h3-9H,1-2H3. The van der Waals surface area contributed by atoms with Gasteiger partial charge in [-0.05, 0) is 49.2 Å². The molecule has 0 aliphatic rings. The van der Waals surface area contributed by atoms with E-state index in [0.717, 1.165) is 22.2 Å². The summed E-state index contributed by atoms with van der Waals surface area (Å²) in [5, 5.41) is 1.03. The van der Waals surface area contributed by atoms with Crippen molar-refractivity contribution in [2.45, 2.75) is 13.8 Å². The summed E-state index contributed by atoms with van der Waals surface area (Å²) < 4.78 is 5.92. The molecular formula is C16H13ClN2O. The summed E-state index contributed by atoms with van der Waals surface area (Å²) in [7, 11) is 0. The molecule has 1 heterocycles. The third-order valence-electron chi connectivity index (χ3n) is 3.08. The average molecular weight is 285 g/mol. The lowest BCUT2D eigenvalue weighted by atomic mass is 10.1. The normalized spacial score (nSPS) is 10.8. The fraction of sp³-hybridized carbons (Fsp3) is 0.125. The van der Waals surface area contributed by atoms with Gasteiger partial charge >= 0.3 is 0 Å². The van der Waals surface area contributed by atoms with Crippen LogP contribution in [0, 0.1) is 13.8 Å². The summed E-state index contributed by atoms with van der Waals surface area (Å²) in [5.41, 5.74) is 3.02. The van der Waals surface area contributed by atoms with Crippen LogP contribution in [0.3, 0.4) is 0 Å². The van der Waals surface area contributed by atoms with Crippen LogP contribution < -0.4 is 4.74 Å². The van der Waals surface area contributed by atoms with Crippen molar-refractivity contribution in [1.82, 2.24) is 9.97 Å². The molecule has 1 aromatic heterocycles. The second kappa shape index (κ2) is 5.10. The number of fused-ring (bicyclic) bond motifs is 1. The molecule has 0 bridgehead atoms. The van der Waals surface area contributed by atoms with E-state index in [4.69, 9.17) is 16.3 Å². The predicted molar refractivity (Wildman–Crippen MR) is 80.5 cm³/mol. The molecule has 0 N–H and O–H groups in total. The Labute approximate surface area is 122 Å². The molecule has 0 radical (unpaired) electrons. The quantitative estimate of drug-likeness (QED) is 0.640. The van der Waals surface area contributed by atoms with Gasteiger partial charge in [-0.3, -0.25) is 0 Å². The summed E-state index contributed by atoms with van der Waals surface area (Å²) in [5.74, 6) is 1.25. The lowest BCUT2D eigenvalue weighted by Crippen LogP contribution is -1.94. The van der Waals surface area contributed by atoms with Crippen LogP contribution in [0.25, 0.3) is 10.9 Å². The Morgan fingerprint density at radius 3 is 2.60 bits per heavy atom. The van der Waals surface area contributed by atoms with Crippen molar-refractivity contribution in [3.8, 4) is 11.6 Å². The number of aromatic nitrogens is 2. The lowest BCUT2D eigenvalue weighted by molar-refractivity contribution is 0.464. The zero-order valence-corrected chi connectivity index (χ0v) is 12.0. The van der Waals surface area contributed by atoms with Gasteiger partial charge in [0.1, 0.15) is 5.75 Å². The SMILES string of the molecule is Cc1ccc(Oc2nc(Cl)nc3ccccc23)c(C)c1. The van der Waals surface area contributed by atoms with Gasteiger partial charge in [0.05, 0.1) is 10.9 Å². The van der Waals surface area contributed by atoms with Crippen LogP contribution in [-0.2, 0) is 0 Å². The van der Waals surface area contributed by atoms with Crippen LogP contribution in [0.5, 0.6) is 11.6 Å². The number of hydrogen-bond donors (Lipinski definition) is 0. The van der Waals surface area contributed by atoms with E-state index in [1.165, 1.54) is 5.56 Å². The van der Waals surface area contributed by atoms with Gasteiger partial charge in [-0.25, -0.2) is 4.98 Å². The molecule has 2 aromatic carbocycles. The molecule has 0 atom stereocenters. The number of aryl methyl sites for hydroxylation is 2. The highest BCUT2D eigenvalue weighted by atomic mass is 35.5. The van der Waals surface area contributed by atoms with Crippen LogP contribution in [0.1, 0.15) is 11.1 Å². The first-order valence-electron chi connectivity index (χ1n) is 6.31. The summed E-state index contributed by atoms with van der Waals surface area (Å²) in [6.45, 7) is 4.06. The molecule has 0 aliphatic carbocycles. The van der Waals surface area contributed by atoms with E-state index in [1.807, 2.05) is 50.2 Å². The van der Waals surface area contributed by atoms with Crippen molar-refractivity contribution in [1.29, 1.82) is 0 Å². The van der Waals surface area contributed by atoms with Crippen molar-refractivity contribution in [3.05, 3.63) is 58.9 Å². The molecule has 3 aromatic rings. The van der Waals surface area contributed by atoms with Gasteiger partial charge in [0.25, 0.3) is 0 Å². The average Bonchev–Trinajstić information content (AvgIpc) is 2.41. The van der Waals surface area contributed by atoms with Gasteiger partial charge in [0, 0.05) is 0 Å². The Kier molecular flexibility index (Phi) is 3.28. The molecular weight excluding hydrogens is 272 g/mol. The number of benzene rings is 2. The van der Waals surface area contributed by atoms with Gasteiger partial charge in [-0.15, -0.1) is 0 Å². The third kappa shape index (κ3) is 2.45. The molecule has 0 fully saturated rings. The number of ether oxygens (including phenoxy) is 1. The number of rotatable bonds is 2. The molecule has 0 saturated heterocycles. The number of halogens is 1. The Bertz CT molecular complexity index is 787. The van der Waals surface area contributed by atoms with E-state index in [0.29, 0.717) is 5.88 Å². The lowest BCUT2D eigenvalue weighted by Gasteiger charge is -2.10. The molecule has 4 heteroatoms. The first kappa shape index (κ1) is 12.9. The molecule has 0 saturated carbocycles. The minimum Gasteiger partial charge on any atom is -0.438 e. The third-order valence-corrected chi connectivity index (χ3v) is 3.25. The van der Waals surface area contributed by atoms with Crippen LogP contribution in [0.2, 0.25) is 5.28 Å². The molecule has 0 aliphatic heterocycles. The van der Waals surface area contributed by atoms with E-state index in [2.05, 4.69) is 16.0 Å². The molecule has 0 amide bonds. The summed E-state index contributed by atoms with van der Waals surface area (Å²) in [6, 6.07) is 13.7. The molecule has 20 heavy (non-hydrogen) atoms. The second-order valence-electron chi connectivity index (χ2n) is 4.69. The van der Waals surface area contributed by atoms with E-state index < -0.39 is 0 Å². The molecule has 3 rings (SSSR count). The molecule has 3 nitrogen and oxygen atoms in total. The fourth-order valence-electron chi connectivity index (χ4n) is 2.12. The Balaban J connectivity index is 2.10. The predicted octanol–water partition coefficient (Wildman–Crippen LogP) is 4.69. The number of nitrogens with zero attached hydrogens (tertiary/aromatic N) is 2. The van der Waals surface area contributed by atoms with Crippen LogP contribution in [0.4, 0.5) is 0 Å². The minimum absolute atomic E-state index is 0.184. The topological polar surface area (TPSA) is 35.0 Å². The van der Waals surface area contributed by atoms with Gasteiger partial charge in [-0.2, -0.15) is 4.98 Å². The first-order valence-corrected chi connectivity index (χ1v) is 6.69. The monoisotopic (exact) mass is 284 g/mol. The van der Waals surface area contributed by atoms with E-state index >= 15 is 0 Å². The van der Waals surface area contributed by atoms with E-state index in [1.54, 1.807) is 0 Å². The number of para-hydroxylation sites is 1. The van der Waals surface area contributed by atoms with Gasteiger partial charge < -0.3 is 4.74 Å². The minimum atomic E-state index is 0.184. The summed E-state index contributed by atoms with van der Waals surface area (Å²) in [4.78, 5) is 8.38. The summed E-state index contributed by atoms with van der Waals surface area (Å²) in [6.07, 6.45) is 0. The largest absolute Gasteiger partial charge is 0.438 e. The van der Waals surface area contributed by atoms with Gasteiger partial charge in [0.15, 0.2) is 0 Å². The number of hydrogen-bond acceptors (Lipinski definition) is 3. The Morgan fingerprint density at radius 2 is 1.80 bits per heavy atom. The van der Waals surface area contributed by atoms with Crippen LogP contribution in [-0.4, -0.2) is 9.97 Å². The smallest absolute Gasteiger partial charge is 0.231 e. The maximum absolute atomic E-state index is 5.95. The van der Waals surface area contributed by atoms with Gasteiger partial charge in [-0.1, -0.05) is 29.8 Å². The van der Waals surface area contributed by atoms with Crippen molar-refractivity contribution in [2.75, 3.05) is 0 Å². The molecule has 0 spiro atoms. The zero-order chi connectivity index (χ0) is 14.1. The van der Waals surface area contributed by atoms with E-state index in [-0.39, 0.29) is 5.28 Å². The zero-order valence-electron chi connectivity index (χ0n) is 11.2. The second-order valence-corrected chi connectivity index (χ2v) is 5.02. The van der Waals surface area contributed by atoms with Gasteiger partial charge in [0.2, 0.25) is 11.2 Å². The molecule has 100 valence electrons. The maximum Gasteiger partial charge on any atom is 0.231 e. The fourth-order valence-corrected chi connectivity index (χ4v) is 2.28. The van der Waals surface area contributed by atoms with E-state index in [9.17, 15) is 0 Å². The highest BCUT2D eigenvalue weighted by Gasteiger charge is 2.09. The van der Waals surface area contributed by atoms with Crippen LogP contribution >= 0.6 is 11.6 Å².